The molecule has 0 bridgehead atoms. The Morgan fingerprint density at radius 2 is 2.29 bits per heavy atom. The predicted molar refractivity (Wildman–Crippen MR) is 87.1 cm³/mol. The van der Waals surface area contributed by atoms with Crippen LogP contribution in [0.3, 0.4) is 0 Å². The summed E-state index contributed by atoms with van der Waals surface area (Å²) in [4.78, 5) is 12.0. The van der Waals surface area contributed by atoms with Crippen molar-refractivity contribution in [3.63, 3.8) is 0 Å². The molecule has 1 amide bonds. The van der Waals surface area contributed by atoms with Crippen LogP contribution in [0.1, 0.15) is 26.2 Å². The van der Waals surface area contributed by atoms with Crippen molar-refractivity contribution in [2.75, 3.05) is 6.54 Å². The molecule has 1 saturated carbocycles. The van der Waals surface area contributed by atoms with Crippen molar-refractivity contribution >= 4 is 29.9 Å². The minimum absolute atomic E-state index is 0. The molecule has 118 valence electrons. The standard InChI is InChI=1S/C15H21ClN2O2.ClH/c1-10(20-14-4-2-3-12(16)8-14)9-18-15(19)11-5-6-13(17)7-11;/h2-4,8,10-11,13H,5-7,9,17H2,1H3,(H,18,19);1H. The summed E-state index contributed by atoms with van der Waals surface area (Å²) in [6.45, 7) is 2.40. The van der Waals surface area contributed by atoms with Crippen molar-refractivity contribution in [3.8, 4) is 5.75 Å². The minimum atomic E-state index is -0.104. The lowest BCUT2D eigenvalue weighted by Crippen LogP contribution is -2.37. The number of hydrogen-bond acceptors (Lipinski definition) is 3. The van der Waals surface area contributed by atoms with Gasteiger partial charge < -0.3 is 15.8 Å². The molecule has 3 atom stereocenters. The second kappa shape index (κ2) is 8.47. The summed E-state index contributed by atoms with van der Waals surface area (Å²) < 4.78 is 5.71. The van der Waals surface area contributed by atoms with Gasteiger partial charge in [0.25, 0.3) is 0 Å². The first kappa shape index (κ1) is 18.1. The van der Waals surface area contributed by atoms with E-state index in [-0.39, 0.29) is 36.4 Å². The number of nitrogens with one attached hydrogen (secondary N) is 1. The summed E-state index contributed by atoms with van der Waals surface area (Å²) in [6.07, 6.45) is 2.51. The summed E-state index contributed by atoms with van der Waals surface area (Å²) in [5.41, 5.74) is 5.82. The van der Waals surface area contributed by atoms with Gasteiger partial charge in [0.1, 0.15) is 11.9 Å². The van der Waals surface area contributed by atoms with Crippen LogP contribution in [0.15, 0.2) is 24.3 Å². The Bertz CT molecular complexity index is 471. The number of halogens is 2. The van der Waals surface area contributed by atoms with E-state index in [9.17, 15) is 4.79 Å². The summed E-state index contributed by atoms with van der Waals surface area (Å²) in [7, 11) is 0. The van der Waals surface area contributed by atoms with E-state index in [0.29, 0.717) is 17.3 Å². The lowest BCUT2D eigenvalue weighted by Gasteiger charge is -2.17. The number of nitrogens with two attached hydrogens (primary N) is 1. The smallest absolute Gasteiger partial charge is 0.223 e. The van der Waals surface area contributed by atoms with E-state index in [1.54, 1.807) is 12.1 Å². The van der Waals surface area contributed by atoms with Crippen LogP contribution in [0.5, 0.6) is 5.75 Å². The van der Waals surface area contributed by atoms with Gasteiger partial charge in [0.15, 0.2) is 0 Å². The molecule has 1 fully saturated rings. The Kier molecular flexibility index (Phi) is 7.29. The summed E-state index contributed by atoms with van der Waals surface area (Å²) in [5, 5.41) is 3.56. The SMILES string of the molecule is CC(CNC(=O)C1CCC(N)C1)Oc1cccc(Cl)c1.Cl. The third kappa shape index (κ3) is 5.73. The van der Waals surface area contributed by atoms with E-state index < -0.39 is 0 Å². The van der Waals surface area contributed by atoms with Crippen LogP contribution in [0.2, 0.25) is 5.02 Å². The van der Waals surface area contributed by atoms with Gasteiger partial charge in [0, 0.05) is 17.0 Å². The summed E-state index contributed by atoms with van der Waals surface area (Å²) in [6, 6.07) is 7.41. The van der Waals surface area contributed by atoms with Crippen molar-refractivity contribution in [2.24, 2.45) is 11.7 Å². The molecule has 1 aromatic carbocycles. The quantitative estimate of drug-likeness (QED) is 0.871. The molecule has 0 aromatic heterocycles. The number of hydrogen-bond donors (Lipinski definition) is 2. The Morgan fingerprint density at radius 3 is 2.90 bits per heavy atom. The highest BCUT2D eigenvalue weighted by Gasteiger charge is 2.27. The van der Waals surface area contributed by atoms with E-state index in [2.05, 4.69) is 5.32 Å². The van der Waals surface area contributed by atoms with Crippen LogP contribution < -0.4 is 15.8 Å². The van der Waals surface area contributed by atoms with E-state index in [4.69, 9.17) is 22.1 Å². The van der Waals surface area contributed by atoms with Crippen molar-refractivity contribution in [3.05, 3.63) is 29.3 Å². The lowest BCUT2D eigenvalue weighted by atomic mass is 10.1. The fourth-order valence-corrected chi connectivity index (χ4v) is 2.64. The highest BCUT2D eigenvalue weighted by Crippen LogP contribution is 2.24. The molecule has 3 unspecified atom stereocenters. The van der Waals surface area contributed by atoms with Crippen molar-refractivity contribution in [2.45, 2.75) is 38.3 Å². The maximum atomic E-state index is 12.0. The monoisotopic (exact) mass is 332 g/mol. The molecule has 4 nitrogen and oxygen atoms in total. The Labute approximate surface area is 136 Å². The van der Waals surface area contributed by atoms with E-state index in [1.165, 1.54) is 0 Å². The van der Waals surface area contributed by atoms with Crippen LogP contribution >= 0.6 is 24.0 Å². The van der Waals surface area contributed by atoms with Gasteiger partial charge in [0.2, 0.25) is 5.91 Å². The average molecular weight is 333 g/mol. The number of amides is 1. The zero-order valence-electron chi connectivity index (χ0n) is 12.0. The molecule has 1 aromatic rings. The van der Waals surface area contributed by atoms with E-state index in [1.807, 2.05) is 19.1 Å². The number of benzene rings is 1. The van der Waals surface area contributed by atoms with E-state index >= 15 is 0 Å². The topological polar surface area (TPSA) is 64.4 Å². The molecule has 0 heterocycles. The second-order valence-electron chi connectivity index (χ2n) is 5.40. The Morgan fingerprint density at radius 1 is 1.52 bits per heavy atom. The van der Waals surface area contributed by atoms with E-state index in [0.717, 1.165) is 19.3 Å². The van der Waals surface area contributed by atoms with Crippen molar-refractivity contribution in [1.29, 1.82) is 0 Å². The molecule has 0 spiro atoms. The third-order valence-corrected chi connectivity index (χ3v) is 3.78. The highest BCUT2D eigenvalue weighted by molar-refractivity contribution is 6.30. The first-order valence-electron chi connectivity index (χ1n) is 7.00. The zero-order chi connectivity index (χ0) is 14.5. The molecule has 6 heteroatoms. The molecule has 2 rings (SSSR count). The fourth-order valence-electron chi connectivity index (χ4n) is 2.46. The van der Waals surface area contributed by atoms with Crippen LogP contribution in [0.4, 0.5) is 0 Å². The van der Waals surface area contributed by atoms with Gasteiger partial charge in [0.05, 0.1) is 6.54 Å². The largest absolute Gasteiger partial charge is 0.489 e. The average Bonchev–Trinajstić information content (AvgIpc) is 2.83. The van der Waals surface area contributed by atoms with Crippen LogP contribution in [-0.4, -0.2) is 24.6 Å². The molecule has 21 heavy (non-hydrogen) atoms. The molecule has 1 aliphatic carbocycles. The fraction of sp³-hybridized carbons (Fsp3) is 0.533. The zero-order valence-corrected chi connectivity index (χ0v) is 13.6. The van der Waals surface area contributed by atoms with Gasteiger partial charge >= 0.3 is 0 Å². The molecular formula is C15H22Cl2N2O2. The van der Waals surface area contributed by atoms with Gasteiger partial charge in [-0.05, 0) is 44.4 Å². The first-order valence-corrected chi connectivity index (χ1v) is 7.38. The molecular weight excluding hydrogens is 311 g/mol. The van der Waals surface area contributed by atoms with Gasteiger partial charge in [-0.2, -0.15) is 0 Å². The van der Waals surface area contributed by atoms with Crippen molar-refractivity contribution < 1.29 is 9.53 Å². The van der Waals surface area contributed by atoms with Gasteiger partial charge in [-0.1, -0.05) is 17.7 Å². The number of carbonyl (C=O) groups is 1. The maximum absolute atomic E-state index is 12.0. The minimum Gasteiger partial charge on any atom is -0.489 e. The molecule has 1 aliphatic rings. The number of carbonyl (C=O) groups excluding carboxylic acids is 1. The lowest BCUT2D eigenvalue weighted by molar-refractivity contribution is -0.125. The summed E-state index contributed by atoms with van der Waals surface area (Å²) >= 11 is 5.89. The highest BCUT2D eigenvalue weighted by atomic mass is 35.5. The van der Waals surface area contributed by atoms with Gasteiger partial charge in [-0.25, -0.2) is 0 Å². The predicted octanol–water partition coefficient (Wildman–Crippen LogP) is 2.77. The molecule has 0 radical (unpaired) electrons. The molecule has 3 N–H and O–H groups in total. The molecule has 0 saturated heterocycles. The van der Waals surface area contributed by atoms with Gasteiger partial charge in [-0.3, -0.25) is 4.79 Å². The van der Waals surface area contributed by atoms with Crippen LogP contribution in [0, 0.1) is 5.92 Å². The number of rotatable bonds is 5. The van der Waals surface area contributed by atoms with Gasteiger partial charge in [-0.15, -0.1) is 12.4 Å². The van der Waals surface area contributed by atoms with Crippen LogP contribution in [-0.2, 0) is 4.79 Å². The normalized spacial score (nSPS) is 22.2. The van der Waals surface area contributed by atoms with Crippen LogP contribution in [0.25, 0.3) is 0 Å². The third-order valence-electron chi connectivity index (χ3n) is 3.54. The maximum Gasteiger partial charge on any atom is 0.223 e. The number of ether oxygens (including phenoxy) is 1. The Balaban J connectivity index is 0.00000220. The second-order valence-corrected chi connectivity index (χ2v) is 5.84. The summed E-state index contributed by atoms with van der Waals surface area (Å²) in [5.74, 6) is 0.852. The van der Waals surface area contributed by atoms with Crippen molar-refractivity contribution in [1.82, 2.24) is 5.32 Å². The molecule has 0 aliphatic heterocycles. The first-order chi connectivity index (χ1) is 9.54. The Hall–Kier alpha value is -0.970.